The molecule has 0 aromatic carbocycles. The summed E-state index contributed by atoms with van der Waals surface area (Å²) < 4.78 is 0. The lowest BCUT2D eigenvalue weighted by Crippen LogP contribution is -2.52. The molecule has 4 nitrogen and oxygen atoms in total. The topological polar surface area (TPSA) is 35.6 Å². The predicted molar refractivity (Wildman–Crippen MR) is 82.7 cm³/mol. The van der Waals surface area contributed by atoms with Gasteiger partial charge in [-0.05, 0) is 46.2 Å². The fourth-order valence-electron chi connectivity index (χ4n) is 3.41. The quantitative estimate of drug-likeness (QED) is 0.855. The average molecular weight is 281 g/mol. The highest BCUT2D eigenvalue weighted by atomic mass is 16.2. The first-order chi connectivity index (χ1) is 9.47. The number of rotatable bonds is 3. The van der Waals surface area contributed by atoms with Crippen LogP contribution in [0.4, 0.5) is 0 Å². The Hall–Kier alpha value is -0.610. The van der Waals surface area contributed by atoms with Crippen molar-refractivity contribution in [2.75, 3.05) is 26.7 Å². The third kappa shape index (κ3) is 3.95. The molecule has 2 saturated heterocycles. The molecule has 0 aliphatic carbocycles. The van der Waals surface area contributed by atoms with Crippen LogP contribution in [0.1, 0.15) is 46.5 Å². The van der Waals surface area contributed by atoms with Crippen LogP contribution in [0.3, 0.4) is 0 Å². The molecule has 2 unspecified atom stereocenters. The summed E-state index contributed by atoms with van der Waals surface area (Å²) in [6, 6.07) is 1.95. The van der Waals surface area contributed by atoms with Gasteiger partial charge in [0.2, 0.25) is 5.91 Å². The van der Waals surface area contributed by atoms with Crippen molar-refractivity contribution in [2.45, 2.75) is 64.6 Å². The van der Waals surface area contributed by atoms with Gasteiger partial charge in [0.1, 0.15) is 0 Å². The maximum absolute atomic E-state index is 12.0. The summed E-state index contributed by atoms with van der Waals surface area (Å²) in [5.74, 6) is 0.450. The average Bonchev–Trinajstić information content (AvgIpc) is 2.43. The zero-order valence-electron chi connectivity index (χ0n) is 13.6. The highest BCUT2D eigenvalue weighted by Crippen LogP contribution is 2.19. The summed E-state index contributed by atoms with van der Waals surface area (Å²) in [4.78, 5) is 16.5. The Labute approximate surface area is 123 Å². The molecule has 0 spiro atoms. The van der Waals surface area contributed by atoms with Crippen LogP contribution in [-0.2, 0) is 4.79 Å². The molecule has 0 aromatic rings. The van der Waals surface area contributed by atoms with Crippen molar-refractivity contribution >= 4 is 5.91 Å². The first kappa shape index (κ1) is 15.8. The van der Waals surface area contributed by atoms with Gasteiger partial charge in [-0.1, -0.05) is 13.8 Å². The Balaban J connectivity index is 1.73. The van der Waals surface area contributed by atoms with Gasteiger partial charge in [0.25, 0.3) is 0 Å². The van der Waals surface area contributed by atoms with E-state index >= 15 is 0 Å². The largest absolute Gasteiger partial charge is 0.342 e. The molecule has 116 valence electrons. The molecular formula is C16H31N3O. The van der Waals surface area contributed by atoms with Gasteiger partial charge in [-0.15, -0.1) is 0 Å². The van der Waals surface area contributed by atoms with E-state index in [1.54, 1.807) is 0 Å². The number of carbonyl (C=O) groups is 1. The van der Waals surface area contributed by atoms with Crippen LogP contribution in [-0.4, -0.2) is 60.5 Å². The van der Waals surface area contributed by atoms with E-state index in [9.17, 15) is 4.79 Å². The van der Waals surface area contributed by atoms with Crippen molar-refractivity contribution < 1.29 is 4.79 Å². The van der Waals surface area contributed by atoms with E-state index in [1.807, 2.05) is 18.7 Å². The zero-order chi connectivity index (χ0) is 14.7. The molecule has 2 aliphatic heterocycles. The monoisotopic (exact) mass is 281 g/mol. The van der Waals surface area contributed by atoms with Gasteiger partial charge in [-0.25, -0.2) is 0 Å². The van der Waals surface area contributed by atoms with Crippen LogP contribution >= 0.6 is 0 Å². The summed E-state index contributed by atoms with van der Waals surface area (Å²) in [6.45, 7) is 9.36. The van der Waals surface area contributed by atoms with E-state index in [4.69, 9.17) is 0 Å². The summed E-state index contributed by atoms with van der Waals surface area (Å²) in [5, 5.41) is 3.83. The third-order valence-corrected chi connectivity index (χ3v) is 4.98. The second-order valence-corrected chi connectivity index (χ2v) is 6.97. The number of hydrogen-bond acceptors (Lipinski definition) is 3. The van der Waals surface area contributed by atoms with E-state index in [0.29, 0.717) is 24.0 Å². The summed E-state index contributed by atoms with van der Waals surface area (Å²) in [7, 11) is 2.22. The molecule has 4 heteroatoms. The lowest BCUT2D eigenvalue weighted by molar-refractivity contribution is -0.135. The molecule has 2 heterocycles. The second kappa shape index (κ2) is 6.90. The van der Waals surface area contributed by atoms with Crippen LogP contribution in [0.25, 0.3) is 0 Å². The predicted octanol–water partition coefficient (Wildman–Crippen LogP) is 1.71. The van der Waals surface area contributed by atoms with E-state index in [-0.39, 0.29) is 5.92 Å². The Kier molecular flexibility index (Phi) is 5.44. The van der Waals surface area contributed by atoms with Crippen LogP contribution in [0.2, 0.25) is 0 Å². The number of carbonyl (C=O) groups excluding carboxylic acids is 1. The maximum atomic E-state index is 12.0. The number of nitrogens with one attached hydrogen (secondary N) is 1. The number of hydrogen-bond donors (Lipinski definition) is 1. The SMILES string of the molecule is CC(C)C(=O)N1CCC(NC2CCN(C)C(C)C2)CC1. The molecule has 2 fully saturated rings. The molecule has 0 saturated carbocycles. The van der Waals surface area contributed by atoms with Gasteiger partial charge in [-0.3, -0.25) is 4.79 Å². The highest BCUT2D eigenvalue weighted by molar-refractivity contribution is 5.78. The van der Waals surface area contributed by atoms with Gasteiger partial charge in [0, 0.05) is 37.1 Å². The number of amides is 1. The minimum absolute atomic E-state index is 0.134. The fourth-order valence-corrected chi connectivity index (χ4v) is 3.41. The molecule has 1 amide bonds. The fraction of sp³-hybridized carbons (Fsp3) is 0.938. The minimum Gasteiger partial charge on any atom is -0.342 e. The van der Waals surface area contributed by atoms with Crippen LogP contribution in [0, 0.1) is 5.92 Å². The lowest BCUT2D eigenvalue weighted by Gasteiger charge is -2.39. The Morgan fingerprint density at radius 3 is 2.25 bits per heavy atom. The van der Waals surface area contributed by atoms with E-state index in [0.717, 1.165) is 25.9 Å². The van der Waals surface area contributed by atoms with E-state index in [1.165, 1.54) is 19.4 Å². The van der Waals surface area contributed by atoms with Crippen molar-refractivity contribution in [1.29, 1.82) is 0 Å². The first-order valence-electron chi connectivity index (χ1n) is 8.22. The van der Waals surface area contributed by atoms with E-state index in [2.05, 4.69) is 24.2 Å². The molecule has 1 N–H and O–H groups in total. The summed E-state index contributed by atoms with van der Waals surface area (Å²) in [6.07, 6.45) is 4.73. The smallest absolute Gasteiger partial charge is 0.225 e. The van der Waals surface area contributed by atoms with Gasteiger partial charge in [0.15, 0.2) is 0 Å². The molecule has 2 atom stereocenters. The van der Waals surface area contributed by atoms with Crippen LogP contribution in [0.15, 0.2) is 0 Å². The van der Waals surface area contributed by atoms with Gasteiger partial charge in [0.05, 0.1) is 0 Å². The van der Waals surface area contributed by atoms with Crippen molar-refractivity contribution in [2.24, 2.45) is 5.92 Å². The first-order valence-corrected chi connectivity index (χ1v) is 8.22. The molecule has 0 radical (unpaired) electrons. The van der Waals surface area contributed by atoms with Crippen LogP contribution in [0.5, 0.6) is 0 Å². The standard InChI is InChI=1S/C16H31N3O/c1-12(2)16(20)19-9-6-14(7-10-19)17-15-5-8-18(4)13(3)11-15/h12-15,17H,5-11H2,1-4H3. The number of nitrogens with zero attached hydrogens (tertiary/aromatic N) is 2. The number of piperidine rings is 2. The van der Waals surface area contributed by atoms with Gasteiger partial charge in [-0.2, -0.15) is 0 Å². The number of likely N-dealkylation sites (tertiary alicyclic amines) is 2. The second-order valence-electron chi connectivity index (χ2n) is 6.97. The molecular weight excluding hydrogens is 250 g/mol. The van der Waals surface area contributed by atoms with Gasteiger partial charge < -0.3 is 15.1 Å². The van der Waals surface area contributed by atoms with Crippen molar-refractivity contribution in [1.82, 2.24) is 15.1 Å². The normalized spacial score (nSPS) is 29.9. The Bertz CT molecular complexity index is 324. The third-order valence-electron chi connectivity index (χ3n) is 4.98. The lowest BCUT2D eigenvalue weighted by atomic mass is 9.95. The van der Waals surface area contributed by atoms with Crippen LogP contribution < -0.4 is 5.32 Å². The summed E-state index contributed by atoms with van der Waals surface area (Å²) in [5.41, 5.74) is 0. The molecule has 0 aromatic heterocycles. The van der Waals surface area contributed by atoms with Crippen molar-refractivity contribution in [3.05, 3.63) is 0 Å². The van der Waals surface area contributed by atoms with Gasteiger partial charge >= 0.3 is 0 Å². The molecule has 2 aliphatic rings. The van der Waals surface area contributed by atoms with E-state index < -0.39 is 0 Å². The highest BCUT2D eigenvalue weighted by Gasteiger charge is 2.28. The summed E-state index contributed by atoms with van der Waals surface area (Å²) >= 11 is 0. The minimum atomic E-state index is 0.134. The van der Waals surface area contributed by atoms with Crippen molar-refractivity contribution in [3.63, 3.8) is 0 Å². The van der Waals surface area contributed by atoms with Crippen molar-refractivity contribution in [3.8, 4) is 0 Å². The maximum Gasteiger partial charge on any atom is 0.225 e. The Morgan fingerprint density at radius 1 is 1.10 bits per heavy atom. The molecule has 2 rings (SSSR count). The Morgan fingerprint density at radius 2 is 1.70 bits per heavy atom. The molecule has 0 bridgehead atoms. The zero-order valence-corrected chi connectivity index (χ0v) is 13.6. The molecule has 20 heavy (non-hydrogen) atoms.